The Kier molecular flexibility index (Phi) is 5.38. The zero-order valence-electron chi connectivity index (χ0n) is 11.8. The third-order valence-electron chi connectivity index (χ3n) is 3.59. The number of aryl methyl sites for hydroxylation is 1. The van der Waals surface area contributed by atoms with Crippen LogP contribution in [0.5, 0.6) is 0 Å². The van der Waals surface area contributed by atoms with Crippen molar-refractivity contribution in [2.45, 2.75) is 18.9 Å². The van der Waals surface area contributed by atoms with Gasteiger partial charge in [0, 0.05) is 25.9 Å². The lowest BCUT2D eigenvalue weighted by Crippen LogP contribution is -2.46. The van der Waals surface area contributed by atoms with Gasteiger partial charge in [-0.1, -0.05) is 18.2 Å². The lowest BCUT2D eigenvalue weighted by Gasteiger charge is -2.31. The number of amides is 1. The Labute approximate surface area is 119 Å². The van der Waals surface area contributed by atoms with E-state index < -0.39 is 0 Å². The van der Waals surface area contributed by atoms with Gasteiger partial charge < -0.3 is 20.1 Å². The Morgan fingerprint density at radius 3 is 3.00 bits per heavy atom. The first-order valence-corrected chi connectivity index (χ1v) is 6.99. The smallest absolute Gasteiger partial charge is 0.245 e. The molecule has 1 aliphatic heterocycles. The average molecular weight is 278 g/mol. The number of aliphatic hydroxyl groups excluding tert-OH is 1. The van der Waals surface area contributed by atoms with E-state index in [2.05, 4.69) is 11.4 Å². The van der Waals surface area contributed by atoms with Gasteiger partial charge in [0.15, 0.2) is 0 Å². The SMILES string of the molecule is COCCN(CCO)C(=O)C1CCc2ccccc2N1. The third kappa shape index (κ3) is 3.49. The van der Waals surface area contributed by atoms with E-state index in [1.54, 1.807) is 12.0 Å². The van der Waals surface area contributed by atoms with E-state index in [0.29, 0.717) is 19.7 Å². The molecule has 5 heteroatoms. The van der Waals surface area contributed by atoms with Crippen molar-refractivity contribution in [3.63, 3.8) is 0 Å². The molecule has 0 bridgehead atoms. The number of aliphatic hydroxyl groups is 1. The maximum Gasteiger partial charge on any atom is 0.245 e. The fourth-order valence-electron chi connectivity index (χ4n) is 2.50. The predicted molar refractivity (Wildman–Crippen MR) is 77.7 cm³/mol. The van der Waals surface area contributed by atoms with Crippen LogP contribution in [0.15, 0.2) is 24.3 Å². The van der Waals surface area contributed by atoms with Crippen molar-refractivity contribution < 1.29 is 14.6 Å². The monoisotopic (exact) mass is 278 g/mol. The summed E-state index contributed by atoms with van der Waals surface area (Å²) in [5.41, 5.74) is 2.29. The molecule has 1 aromatic rings. The second kappa shape index (κ2) is 7.26. The Hall–Kier alpha value is -1.59. The van der Waals surface area contributed by atoms with Gasteiger partial charge in [0.25, 0.3) is 0 Å². The van der Waals surface area contributed by atoms with E-state index in [9.17, 15) is 4.79 Å². The highest BCUT2D eigenvalue weighted by Gasteiger charge is 2.27. The summed E-state index contributed by atoms with van der Waals surface area (Å²) in [6.45, 7) is 1.31. The van der Waals surface area contributed by atoms with Gasteiger partial charge >= 0.3 is 0 Å². The number of hydrogen-bond acceptors (Lipinski definition) is 4. The van der Waals surface area contributed by atoms with Crippen LogP contribution >= 0.6 is 0 Å². The number of fused-ring (bicyclic) bond motifs is 1. The van der Waals surface area contributed by atoms with E-state index in [1.807, 2.05) is 18.2 Å². The average Bonchev–Trinajstić information content (AvgIpc) is 2.50. The molecule has 1 aliphatic rings. The normalized spacial score (nSPS) is 17.2. The molecule has 2 rings (SSSR count). The molecular formula is C15H22N2O3. The molecule has 0 spiro atoms. The van der Waals surface area contributed by atoms with E-state index >= 15 is 0 Å². The fourth-order valence-corrected chi connectivity index (χ4v) is 2.50. The van der Waals surface area contributed by atoms with Gasteiger partial charge in [-0.15, -0.1) is 0 Å². The quantitative estimate of drug-likeness (QED) is 0.811. The minimum atomic E-state index is -0.215. The molecule has 1 atom stereocenters. The van der Waals surface area contributed by atoms with Crippen LogP contribution in [-0.4, -0.2) is 55.4 Å². The largest absolute Gasteiger partial charge is 0.395 e. The van der Waals surface area contributed by atoms with Crippen molar-refractivity contribution in [3.8, 4) is 0 Å². The molecule has 5 nitrogen and oxygen atoms in total. The van der Waals surface area contributed by atoms with Gasteiger partial charge in [-0.2, -0.15) is 0 Å². The van der Waals surface area contributed by atoms with E-state index in [-0.39, 0.29) is 18.6 Å². The number of ether oxygens (including phenoxy) is 1. The summed E-state index contributed by atoms with van der Waals surface area (Å²) in [4.78, 5) is 14.2. The standard InChI is InChI=1S/C15H22N2O3/c1-20-11-9-17(8-10-18)15(19)14-7-6-12-4-2-3-5-13(12)16-14/h2-5,14,16,18H,6-11H2,1H3. The summed E-state index contributed by atoms with van der Waals surface area (Å²) in [6, 6.07) is 7.85. The lowest BCUT2D eigenvalue weighted by molar-refractivity contribution is -0.133. The second-order valence-corrected chi connectivity index (χ2v) is 4.93. The van der Waals surface area contributed by atoms with Gasteiger partial charge in [0.1, 0.15) is 6.04 Å². The number of methoxy groups -OCH3 is 1. The number of carbonyl (C=O) groups excluding carboxylic acids is 1. The number of rotatable bonds is 6. The topological polar surface area (TPSA) is 61.8 Å². The number of hydrogen-bond donors (Lipinski definition) is 2. The van der Waals surface area contributed by atoms with Crippen LogP contribution in [0.1, 0.15) is 12.0 Å². The summed E-state index contributed by atoms with van der Waals surface area (Å²) in [7, 11) is 1.61. The van der Waals surface area contributed by atoms with Gasteiger partial charge in [0.05, 0.1) is 13.2 Å². The van der Waals surface area contributed by atoms with E-state index in [1.165, 1.54) is 5.56 Å². The zero-order valence-corrected chi connectivity index (χ0v) is 11.8. The van der Waals surface area contributed by atoms with Crippen LogP contribution in [0.25, 0.3) is 0 Å². The number of nitrogens with zero attached hydrogens (tertiary/aromatic N) is 1. The Morgan fingerprint density at radius 1 is 1.45 bits per heavy atom. The predicted octanol–water partition coefficient (Wildman–Crippen LogP) is 0.881. The van der Waals surface area contributed by atoms with Gasteiger partial charge in [0.2, 0.25) is 5.91 Å². The summed E-state index contributed by atoms with van der Waals surface area (Å²) in [5.74, 6) is 0.0330. The minimum Gasteiger partial charge on any atom is -0.395 e. The molecule has 1 unspecified atom stereocenters. The second-order valence-electron chi connectivity index (χ2n) is 4.93. The van der Waals surface area contributed by atoms with E-state index in [4.69, 9.17) is 9.84 Å². The van der Waals surface area contributed by atoms with Crippen LogP contribution in [0.3, 0.4) is 0 Å². The Bertz CT molecular complexity index is 450. The van der Waals surface area contributed by atoms with Crippen LogP contribution in [0.4, 0.5) is 5.69 Å². The van der Waals surface area contributed by atoms with Crippen LogP contribution < -0.4 is 5.32 Å². The fraction of sp³-hybridized carbons (Fsp3) is 0.533. The third-order valence-corrected chi connectivity index (χ3v) is 3.59. The molecule has 0 aromatic heterocycles. The molecule has 1 heterocycles. The van der Waals surface area contributed by atoms with Crippen molar-refractivity contribution in [2.75, 3.05) is 38.7 Å². The summed E-state index contributed by atoms with van der Waals surface area (Å²) < 4.78 is 5.02. The van der Waals surface area contributed by atoms with Crippen molar-refractivity contribution in [2.24, 2.45) is 0 Å². The molecule has 0 saturated heterocycles. The molecule has 2 N–H and O–H groups in total. The van der Waals surface area contributed by atoms with Crippen molar-refractivity contribution in [3.05, 3.63) is 29.8 Å². The number of nitrogens with one attached hydrogen (secondary N) is 1. The molecule has 20 heavy (non-hydrogen) atoms. The lowest BCUT2D eigenvalue weighted by atomic mass is 9.97. The van der Waals surface area contributed by atoms with Crippen LogP contribution in [0, 0.1) is 0 Å². The number of benzene rings is 1. The maximum absolute atomic E-state index is 12.5. The molecule has 1 amide bonds. The highest BCUT2D eigenvalue weighted by atomic mass is 16.5. The van der Waals surface area contributed by atoms with Crippen molar-refractivity contribution in [1.82, 2.24) is 4.90 Å². The molecule has 1 aromatic carbocycles. The summed E-state index contributed by atoms with van der Waals surface area (Å²) >= 11 is 0. The first-order chi connectivity index (χ1) is 9.76. The van der Waals surface area contributed by atoms with Crippen LogP contribution in [-0.2, 0) is 16.0 Å². The van der Waals surface area contributed by atoms with Gasteiger partial charge in [-0.05, 0) is 24.5 Å². The minimum absolute atomic E-state index is 0.0290. The number of carbonyl (C=O) groups is 1. The molecular weight excluding hydrogens is 256 g/mol. The zero-order chi connectivity index (χ0) is 14.4. The molecule has 0 fully saturated rings. The van der Waals surface area contributed by atoms with Gasteiger partial charge in [-0.3, -0.25) is 4.79 Å². The molecule has 0 radical (unpaired) electrons. The number of anilines is 1. The first kappa shape index (κ1) is 14.8. The summed E-state index contributed by atoms with van der Waals surface area (Å²) in [6.07, 6.45) is 1.68. The van der Waals surface area contributed by atoms with Crippen molar-refractivity contribution in [1.29, 1.82) is 0 Å². The Morgan fingerprint density at radius 2 is 2.25 bits per heavy atom. The highest BCUT2D eigenvalue weighted by molar-refractivity contribution is 5.85. The van der Waals surface area contributed by atoms with Crippen LogP contribution in [0.2, 0.25) is 0 Å². The van der Waals surface area contributed by atoms with E-state index in [0.717, 1.165) is 18.5 Å². The van der Waals surface area contributed by atoms with Gasteiger partial charge in [-0.25, -0.2) is 0 Å². The first-order valence-electron chi connectivity index (χ1n) is 6.99. The summed E-state index contributed by atoms with van der Waals surface area (Å²) in [5, 5.41) is 12.4. The molecule has 110 valence electrons. The Balaban J connectivity index is 2.01. The highest BCUT2D eigenvalue weighted by Crippen LogP contribution is 2.25. The maximum atomic E-state index is 12.5. The number of para-hydroxylation sites is 1. The molecule has 0 saturated carbocycles. The molecule has 0 aliphatic carbocycles. The van der Waals surface area contributed by atoms with Crippen molar-refractivity contribution >= 4 is 11.6 Å².